The fraction of sp³-hybridized carbons (Fsp3) is 0.474. The number of anilines is 1. The van der Waals surface area contributed by atoms with Crippen LogP contribution in [-0.4, -0.2) is 51.7 Å². The van der Waals surface area contributed by atoms with Gasteiger partial charge in [-0.15, -0.1) is 37.2 Å². The maximum atomic E-state index is 12.8. The maximum absolute atomic E-state index is 12.8. The quantitative estimate of drug-likeness (QED) is 0.729. The molecule has 0 aliphatic carbocycles. The number of nitrogens with two attached hydrogens (primary N) is 1. The lowest BCUT2D eigenvalue weighted by Gasteiger charge is -2.35. The van der Waals surface area contributed by atoms with Crippen molar-refractivity contribution in [2.75, 3.05) is 31.9 Å². The van der Waals surface area contributed by atoms with Crippen molar-refractivity contribution in [3.8, 4) is 0 Å². The predicted octanol–water partition coefficient (Wildman–Crippen LogP) is 3.15. The molecule has 9 heteroatoms. The van der Waals surface area contributed by atoms with Crippen LogP contribution in [0.1, 0.15) is 32.9 Å². The molecule has 1 saturated heterocycles. The summed E-state index contributed by atoms with van der Waals surface area (Å²) in [5.41, 5.74) is 11.8. The van der Waals surface area contributed by atoms with Gasteiger partial charge in [-0.3, -0.25) is 14.4 Å². The van der Waals surface area contributed by atoms with E-state index in [1.165, 1.54) is 11.3 Å². The van der Waals surface area contributed by atoms with Gasteiger partial charge in [0, 0.05) is 62.3 Å². The van der Waals surface area contributed by atoms with Gasteiger partial charge in [0.25, 0.3) is 5.91 Å². The van der Waals surface area contributed by atoms with E-state index in [0.717, 1.165) is 44.0 Å². The summed E-state index contributed by atoms with van der Waals surface area (Å²) in [5, 5.41) is 4.49. The highest BCUT2D eigenvalue weighted by Gasteiger charge is 2.24. The number of nitrogen functional groups attached to an aromatic ring is 1. The normalized spacial score (nSPS) is 13.9. The molecule has 1 aromatic heterocycles. The summed E-state index contributed by atoms with van der Waals surface area (Å²) in [6.45, 7) is 10.3. The third-order valence-electron chi connectivity index (χ3n) is 5.19. The van der Waals surface area contributed by atoms with Gasteiger partial charge < -0.3 is 10.6 Å². The second-order valence-electron chi connectivity index (χ2n) is 6.92. The van der Waals surface area contributed by atoms with Crippen molar-refractivity contribution in [1.82, 2.24) is 19.6 Å². The number of carbonyl (C=O) groups is 1. The number of nitrogens with zero attached hydrogens (tertiary/aromatic N) is 4. The van der Waals surface area contributed by atoms with E-state index in [-0.39, 0.29) is 43.1 Å². The van der Waals surface area contributed by atoms with Crippen molar-refractivity contribution in [2.24, 2.45) is 7.05 Å². The first-order valence-corrected chi connectivity index (χ1v) is 8.73. The third-order valence-corrected chi connectivity index (χ3v) is 5.19. The van der Waals surface area contributed by atoms with Gasteiger partial charge >= 0.3 is 0 Å². The van der Waals surface area contributed by atoms with Crippen LogP contribution < -0.4 is 5.73 Å². The topological polar surface area (TPSA) is 67.4 Å². The molecule has 0 spiro atoms. The Labute approximate surface area is 185 Å². The summed E-state index contributed by atoms with van der Waals surface area (Å²) in [5.74, 6) is 0.0817. The molecular formula is C19H30Cl3N5O. The Kier molecular flexibility index (Phi) is 10.3. The van der Waals surface area contributed by atoms with Crippen LogP contribution >= 0.6 is 37.2 Å². The number of piperazine rings is 1. The minimum Gasteiger partial charge on any atom is -0.399 e. The van der Waals surface area contributed by atoms with E-state index >= 15 is 0 Å². The van der Waals surface area contributed by atoms with Crippen LogP contribution in [0, 0.1) is 20.8 Å². The number of aryl methyl sites for hydroxylation is 3. The van der Waals surface area contributed by atoms with E-state index in [4.69, 9.17) is 5.73 Å². The summed E-state index contributed by atoms with van der Waals surface area (Å²) in [7, 11) is 1.98. The molecule has 2 heterocycles. The van der Waals surface area contributed by atoms with Crippen molar-refractivity contribution < 1.29 is 4.79 Å². The minimum atomic E-state index is 0. The molecule has 0 atom stereocenters. The number of amides is 1. The Morgan fingerprint density at radius 2 is 1.68 bits per heavy atom. The van der Waals surface area contributed by atoms with E-state index in [0.29, 0.717) is 11.3 Å². The Balaban J connectivity index is 0.00000243. The number of carbonyl (C=O) groups excluding carboxylic acids is 1. The zero-order chi connectivity index (χ0) is 18.1. The second kappa shape index (κ2) is 10.9. The van der Waals surface area contributed by atoms with Gasteiger partial charge in [-0.05, 0) is 38.5 Å². The molecule has 1 amide bonds. The predicted molar refractivity (Wildman–Crippen MR) is 121 cm³/mol. The molecule has 1 aliphatic rings. The van der Waals surface area contributed by atoms with E-state index in [1.54, 1.807) is 6.07 Å². The molecule has 0 bridgehead atoms. The summed E-state index contributed by atoms with van der Waals surface area (Å²) in [4.78, 5) is 17.1. The highest BCUT2D eigenvalue weighted by molar-refractivity contribution is 5.96. The van der Waals surface area contributed by atoms with E-state index in [9.17, 15) is 4.79 Å². The van der Waals surface area contributed by atoms with E-state index < -0.39 is 0 Å². The molecule has 2 N–H and O–H groups in total. The van der Waals surface area contributed by atoms with Gasteiger partial charge in [0.05, 0.1) is 5.69 Å². The third kappa shape index (κ3) is 5.54. The Morgan fingerprint density at radius 3 is 2.21 bits per heavy atom. The summed E-state index contributed by atoms with van der Waals surface area (Å²) in [6, 6.07) is 5.53. The summed E-state index contributed by atoms with van der Waals surface area (Å²) >= 11 is 0. The lowest BCUT2D eigenvalue weighted by molar-refractivity contribution is 0.0627. The highest BCUT2D eigenvalue weighted by atomic mass is 35.5. The second-order valence-corrected chi connectivity index (χ2v) is 6.92. The van der Waals surface area contributed by atoms with E-state index in [2.05, 4.69) is 23.8 Å². The first-order valence-electron chi connectivity index (χ1n) is 8.73. The fourth-order valence-electron chi connectivity index (χ4n) is 3.42. The van der Waals surface area contributed by atoms with Crippen LogP contribution in [0.3, 0.4) is 0 Å². The first-order chi connectivity index (χ1) is 11.9. The zero-order valence-electron chi connectivity index (χ0n) is 16.8. The fourth-order valence-corrected chi connectivity index (χ4v) is 3.42. The Hall–Kier alpha value is -1.47. The maximum Gasteiger partial charge on any atom is 0.254 e. The van der Waals surface area contributed by atoms with Gasteiger partial charge in [-0.2, -0.15) is 5.10 Å². The summed E-state index contributed by atoms with van der Waals surface area (Å²) < 4.78 is 1.94. The van der Waals surface area contributed by atoms with Crippen LogP contribution in [0.25, 0.3) is 0 Å². The molecule has 1 aromatic carbocycles. The van der Waals surface area contributed by atoms with Crippen molar-refractivity contribution in [3.63, 3.8) is 0 Å². The number of benzene rings is 1. The lowest BCUT2D eigenvalue weighted by Crippen LogP contribution is -2.48. The average Bonchev–Trinajstić information content (AvgIpc) is 2.83. The van der Waals surface area contributed by atoms with Crippen LogP contribution in [0.15, 0.2) is 18.2 Å². The average molecular weight is 451 g/mol. The van der Waals surface area contributed by atoms with Crippen molar-refractivity contribution in [1.29, 1.82) is 0 Å². The molecule has 0 unspecified atom stereocenters. The number of rotatable bonds is 3. The van der Waals surface area contributed by atoms with Crippen LogP contribution in [-0.2, 0) is 13.6 Å². The smallest absolute Gasteiger partial charge is 0.254 e. The highest BCUT2D eigenvalue weighted by Crippen LogP contribution is 2.19. The van der Waals surface area contributed by atoms with Crippen LogP contribution in [0.4, 0.5) is 5.69 Å². The van der Waals surface area contributed by atoms with Crippen molar-refractivity contribution in [3.05, 3.63) is 46.3 Å². The number of aromatic nitrogens is 2. The molecule has 158 valence electrons. The molecule has 1 aliphatic heterocycles. The Morgan fingerprint density at radius 1 is 1.07 bits per heavy atom. The zero-order valence-corrected chi connectivity index (χ0v) is 19.2. The van der Waals surface area contributed by atoms with Gasteiger partial charge in [-0.1, -0.05) is 6.07 Å². The van der Waals surface area contributed by atoms with Gasteiger partial charge in [0.15, 0.2) is 0 Å². The number of hydrogen-bond donors (Lipinski definition) is 1. The minimum absolute atomic E-state index is 0. The lowest BCUT2D eigenvalue weighted by atomic mass is 10.1. The molecule has 2 aromatic rings. The van der Waals surface area contributed by atoms with Crippen molar-refractivity contribution in [2.45, 2.75) is 27.3 Å². The molecule has 1 fully saturated rings. The molecule has 0 radical (unpaired) electrons. The molecule has 0 saturated carbocycles. The number of halogens is 3. The van der Waals surface area contributed by atoms with Gasteiger partial charge in [0.2, 0.25) is 0 Å². The number of hydrogen-bond acceptors (Lipinski definition) is 4. The molecule has 28 heavy (non-hydrogen) atoms. The van der Waals surface area contributed by atoms with E-state index in [1.807, 2.05) is 35.7 Å². The molecule has 3 rings (SSSR count). The van der Waals surface area contributed by atoms with Gasteiger partial charge in [-0.25, -0.2) is 0 Å². The van der Waals surface area contributed by atoms with Crippen molar-refractivity contribution >= 4 is 48.8 Å². The SMILES string of the molecule is Cc1ccc(N)cc1C(=O)N1CCN(Cc2c(C)nn(C)c2C)CC1.Cl.Cl.Cl. The molecule has 6 nitrogen and oxygen atoms in total. The monoisotopic (exact) mass is 449 g/mol. The van der Waals surface area contributed by atoms with Crippen LogP contribution in [0.2, 0.25) is 0 Å². The standard InChI is InChI=1S/C19H27N5O.3ClH/c1-13-5-6-16(20)11-17(13)19(25)24-9-7-23(8-10-24)12-18-14(2)21-22(4)15(18)3;;;/h5-6,11H,7-10,12,20H2,1-4H3;3*1H. The first kappa shape index (κ1) is 26.5. The largest absolute Gasteiger partial charge is 0.399 e. The Bertz CT molecular complexity index is 801. The van der Waals surface area contributed by atoms with Gasteiger partial charge in [0.1, 0.15) is 0 Å². The molecular weight excluding hydrogens is 421 g/mol. The summed E-state index contributed by atoms with van der Waals surface area (Å²) in [6.07, 6.45) is 0. The van der Waals surface area contributed by atoms with Crippen LogP contribution in [0.5, 0.6) is 0 Å².